The molecule has 1 fully saturated rings. The Morgan fingerprint density at radius 2 is 2.00 bits per heavy atom. The van der Waals surface area contributed by atoms with Crippen LogP contribution in [0.4, 0.5) is 0 Å². The fraction of sp³-hybridized carbons (Fsp3) is 0.889. The molecule has 0 amide bonds. The normalized spacial score (nSPS) is 34.6. The van der Waals surface area contributed by atoms with Crippen molar-refractivity contribution in [3.8, 4) is 0 Å². The van der Waals surface area contributed by atoms with E-state index in [9.17, 15) is 4.79 Å². The highest BCUT2D eigenvalue weighted by Gasteiger charge is 2.61. The van der Waals surface area contributed by atoms with E-state index < -0.39 is 8.07 Å². The number of carbonyl (C=O) groups excluding carboxylic acids is 1. The van der Waals surface area contributed by atoms with Crippen molar-refractivity contribution in [2.24, 2.45) is 5.41 Å². The Morgan fingerprint density at radius 1 is 1.50 bits per heavy atom. The van der Waals surface area contributed by atoms with Crippen molar-refractivity contribution in [1.29, 1.82) is 0 Å². The van der Waals surface area contributed by atoms with Gasteiger partial charge in [-0.3, -0.25) is 4.79 Å². The van der Waals surface area contributed by atoms with Crippen LogP contribution in [-0.2, 0) is 9.53 Å². The Balaban J connectivity index is 2.66. The summed E-state index contributed by atoms with van der Waals surface area (Å²) in [7, 11) is 0.341. The van der Waals surface area contributed by atoms with Gasteiger partial charge in [-0.25, -0.2) is 0 Å². The van der Waals surface area contributed by atoms with E-state index in [4.69, 9.17) is 4.74 Å². The molecule has 0 aliphatic heterocycles. The van der Waals surface area contributed by atoms with E-state index in [2.05, 4.69) is 19.6 Å². The third-order valence-corrected chi connectivity index (χ3v) is 5.87. The molecule has 1 rings (SSSR count). The molecule has 0 saturated heterocycles. The number of carbonyl (C=O) groups is 1. The summed E-state index contributed by atoms with van der Waals surface area (Å²) in [5.41, 5.74) is 0.483. The number of esters is 1. The van der Waals surface area contributed by atoms with Gasteiger partial charge in [-0.2, -0.15) is 0 Å². The van der Waals surface area contributed by atoms with E-state index in [1.165, 1.54) is 7.11 Å². The number of ether oxygens (including phenoxy) is 1. The first-order chi connectivity index (χ1) is 5.32. The molecule has 0 aromatic rings. The Bertz CT molecular complexity index is 207. The Morgan fingerprint density at radius 3 is 2.25 bits per heavy atom. The van der Waals surface area contributed by atoms with Crippen LogP contribution in [0.1, 0.15) is 13.3 Å². The SMILES string of the molecule is COC(=O)C1(C)CC1[Si](C)(C)C. The van der Waals surface area contributed by atoms with E-state index >= 15 is 0 Å². The third kappa shape index (κ3) is 1.42. The van der Waals surface area contributed by atoms with Crippen LogP contribution in [0.2, 0.25) is 25.2 Å². The van der Waals surface area contributed by atoms with E-state index in [1.54, 1.807) is 0 Å². The van der Waals surface area contributed by atoms with Crippen LogP contribution in [0.25, 0.3) is 0 Å². The van der Waals surface area contributed by atoms with Crippen LogP contribution in [0, 0.1) is 5.41 Å². The highest BCUT2D eigenvalue weighted by Crippen LogP contribution is 2.62. The molecule has 1 aliphatic carbocycles. The first kappa shape index (κ1) is 9.77. The van der Waals surface area contributed by atoms with Gasteiger partial charge in [0.2, 0.25) is 0 Å². The lowest BCUT2D eigenvalue weighted by atomic mass is 10.1. The predicted molar refractivity (Wildman–Crippen MR) is 51.8 cm³/mol. The molecule has 0 aromatic heterocycles. The summed E-state index contributed by atoms with van der Waals surface area (Å²) in [6.07, 6.45) is 1.04. The van der Waals surface area contributed by atoms with Gasteiger partial charge in [0.1, 0.15) is 0 Å². The summed E-state index contributed by atoms with van der Waals surface area (Å²) in [6, 6.07) is 0. The zero-order chi connectivity index (χ0) is 9.57. The third-order valence-electron chi connectivity index (χ3n) is 2.93. The summed E-state index contributed by atoms with van der Waals surface area (Å²) < 4.78 is 4.79. The fourth-order valence-corrected chi connectivity index (χ4v) is 5.15. The highest BCUT2D eigenvalue weighted by molar-refractivity contribution is 6.78. The molecule has 70 valence electrons. The molecule has 3 heteroatoms. The average Bonchev–Trinajstić information content (AvgIpc) is 2.61. The van der Waals surface area contributed by atoms with Crippen molar-refractivity contribution in [3.63, 3.8) is 0 Å². The molecule has 0 N–H and O–H groups in total. The lowest BCUT2D eigenvalue weighted by molar-refractivity contribution is -0.146. The Labute approximate surface area is 75.3 Å². The summed E-state index contributed by atoms with van der Waals surface area (Å²) >= 11 is 0. The second-order valence-electron chi connectivity index (χ2n) is 5.03. The topological polar surface area (TPSA) is 26.3 Å². The van der Waals surface area contributed by atoms with Crippen LogP contribution in [0.3, 0.4) is 0 Å². The fourth-order valence-electron chi connectivity index (χ4n) is 2.09. The standard InChI is InChI=1S/C9H18O2Si/c1-9(8(10)11-2)6-7(9)12(3,4)5/h7H,6H2,1-5H3. The second kappa shape index (κ2) is 2.59. The maximum Gasteiger partial charge on any atom is 0.311 e. The molecule has 0 bridgehead atoms. The minimum atomic E-state index is -1.14. The maximum atomic E-state index is 11.4. The largest absolute Gasteiger partial charge is 0.469 e. The number of methoxy groups -OCH3 is 1. The predicted octanol–water partition coefficient (Wildman–Crippen LogP) is 2.28. The van der Waals surface area contributed by atoms with Gasteiger partial charge < -0.3 is 4.74 Å². The molecule has 0 spiro atoms. The van der Waals surface area contributed by atoms with Gasteiger partial charge >= 0.3 is 5.97 Å². The van der Waals surface area contributed by atoms with Crippen molar-refractivity contribution in [2.75, 3.05) is 7.11 Å². The molecular formula is C9H18O2Si. The average molecular weight is 186 g/mol. The number of hydrogen-bond donors (Lipinski definition) is 0. The lowest BCUT2D eigenvalue weighted by Gasteiger charge is -2.18. The summed E-state index contributed by atoms with van der Waals surface area (Å²) in [5, 5.41) is 0. The van der Waals surface area contributed by atoms with Crippen LogP contribution < -0.4 is 0 Å². The molecule has 2 nitrogen and oxygen atoms in total. The molecular weight excluding hydrogens is 168 g/mol. The molecule has 0 aromatic carbocycles. The maximum absolute atomic E-state index is 11.4. The zero-order valence-corrected chi connectivity index (χ0v) is 9.60. The van der Waals surface area contributed by atoms with E-state index in [1.807, 2.05) is 6.92 Å². The summed E-state index contributed by atoms with van der Waals surface area (Å²) in [5.74, 6) is -0.0186. The van der Waals surface area contributed by atoms with E-state index in [0.29, 0.717) is 5.54 Å². The van der Waals surface area contributed by atoms with Crippen LogP contribution in [0.5, 0.6) is 0 Å². The number of hydrogen-bond acceptors (Lipinski definition) is 2. The van der Waals surface area contributed by atoms with Crippen LogP contribution in [-0.4, -0.2) is 21.2 Å². The highest BCUT2D eigenvalue weighted by atomic mass is 28.3. The first-order valence-corrected chi connectivity index (χ1v) is 7.98. The number of rotatable bonds is 2. The molecule has 0 radical (unpaired) electrons. The van der Waals surface area contributed by atoms with Gasteiger partial charge in [-0.1, -0.05) is 19.6 Å². The smallest absolute Gasteiger partial charge is 0.311 e. The van der Waals surface area contributed by atoms with Gasteiger partial charge in [0.15, 0.2) is 0 Å². The van der Waals surface area contributed by atoms with E-state index in [-0.39, 0.29) is 11.4 Å². The van der Waals surface area contributed by atoms with Crippen LogP contribution >= 0.6 is 0 Å². The van der Waals surface area contributed by atoms with Gasteiger partial charge in [0.05, 0.1) is 12.5 Å². The minimum absolute atomic E-state index is 0.0186. The van der Waals surface area contributed by atoms with Crippen molar-refractivity contribution < 1.29 is 9.53 Å². The molecule has 2 atom stereocenters. The van der Waals surface area contributed by atoms with Gasteiger partial charge in [0, 0.05) is 8.07 Å². The van der Waals surface area contributed by atoms with Crippen LogP contribution in [0.15, 0.2) is 0 Å². The first-order valence-electron chi connectivity index (χ1n) is 4.41. The van der Waals surface area contributed by atoms with Crippen molar-refractivity contribution >= 4 is 14.0 Å². The minimum Gasteiger partial charge on any atom is -0.469 e. The molecule has 0 heterocycles. The van der Waals surface area contributed by atoms with Crippen molar-refractivity contribution in [3.05, 3.63) is 0 Å². The monoisotopic (exact) mass is 186 g/mol. The van der Waals surface area contributed by atoms with Gasteiger partial charge in [-0.15, -0.1) is 0 Å². The van der Waals surface area contributed by atoms with Gasteiger partial charge in [-0.05, 0) is 18.9 Å². The zero-order valence-electron chi connectivity index (χ0n) is 8.60. The molecule has 1 aliphatic rings. The van der Waals surface area contributed by atoms with Gasteiger partial charge in [0.25, 0.3) is 0 Å². The lowest BCUT2D eigenvalue weighted by Crippen LogP contribution is -2.27. The Kier molecular flexibility index (Phi) is 2.11. The Hall–Kier alpha value is -0.313. The van der Waals surface area contributed by atoms with E-state index in [0.717, 1.165) is 6.42 Å². The summed E-state index contributed by atoms with van der Waals surface area (Å²) in [6.45, 7) is 8.96. The molecule has 1 saturated carbocycles. The van der Waals surface area contributed by atoms with Crippen molar-refractivity contribution in [2.45, 2.75) is 38.5 Å². The molecule has 12 heavy (non-hydrogen) atoms. The second-order valence-corrected chi connectivity index (χ2v) is 10.5. The quantitative estimate of drug-likeness (QED) is 0.488. The van der Waals surface area contributed by atoms with Crippen molar-refractivity contribution in [1.82, 2.24) is 0 Å². The summed E-state index contributed by atoms with van der Waals surface area (Å²) in [4.78, 5) is 11.4. The molecule has 2 unspecified atom stereocenters.